The van der Waals surface area contributed by atoms with E-state index in [-0.39, 0.29) is 0 Å². The van der Waals surface area contributed by atoms with Crippen molar-refractivity contribution in [2.75, 3.05) is 0 Å². The Labute approximate surface area is 368 Å². The van der Waals surface area contributed by atoms with Crippen LogP contribution in [-0.2, 0) is 0 Å². The van der Waals surface area contributed by atoms with Crippen molar-refractivity contribution < 1.29 is 0 Å². The predicted octanol–water partition coefficient (Wildman–Crippen LogP) is 12.6. The van der Waals surface area contributed by atoms with E-state index in [1.165, 1.54) is 86.6 Å². The molecule has 12 rings (SSSR count). The van der Waals surface area contributed by atoms with Gasteiger partial charge in [0.2, 0.25) is 0 Å². The first-order valence-electron chi connectivity index (χ1n) is 21.8. The fraction of sp³-hybridized carbons (Fsp3) is 0. The summed E-state index contributed by atoms with van der Waals surface area (Å²) in [5.41, 5.74) is 11.8. The third kappa shape index (κ3) is 5.78. The van der Waals surface area contributed by atoms with Gasteiger partial charge >= 0.3 is 0 Å². The first-order chi connectivity index (χ1) is 31.3. The van der Waals surface area contributed by atoms with Gasteiger partial charge in [0, 0.05) is 27.1 Å². The van der Waals surface area contributed by atoms with Crippen LogP contribution >= 0.6 is 0 Å². The number of benzene rings is 10. The number of fused-ring (bicyclic) bond motifs is 6. The molecule has 2 heterocycles. The van der Waals surface area contributed by atoms with E-state index in [4.69, 9.17) is 0 Å². The Morgan fingerprint density at radius 3 is 1.32 bits per heavy atom. The molecule has 0 atom stereocenters. The van der Waals surface area contributed by atoms with Crippen LogP contribution in [0.5, 0.6) is 0 Å². The molecule has 0 amide bonds. The van der Waals surface area contributed by atoms with Crippen molar-refractivity contribution in [3.63, 3.8) is 0 Å². The zero-order chi connectivity index (χ0) is 41.7. The van der Waals surface area contributed by atoms with Gasteiger partial charge in [-0.1, -0.05) is 224 Å². The van der Waals surface area contributed by atoms with E-state index in [0.29, 0.717) is 0 Å². The average molecular weight is 819 g/mol. The molecule has 0 bridgehead atoms. The van der Waals surface area contributed by atoms with Crippen LogP contribution < -0.4 is 20.7 Å². The highest BCUT2D eigenvalue weighted by Crippen LogP contribution is 2.44. The van der Waals surface area contributed by atoms with Crippen molar-refractivity contribution in [3.05, 3.63) is 255 Å². The third-order valence-electron chi connectivity index (χ3n) is 13.1. The number of hydrogen-bond acceptors (Lipinski definition) is 0. The number of nitrogens with zero attached hydrogens (tertiary/aromatic N) is 2. The molecule has 10 aromatic carbocycles. The summed E-state index contributed by atoms with van der Waals surface area (Å²) in [6, 6.07) is 94.3. The fourth-order valence-corrected chi connectivity index (χ4v) is 15.2. The van der Waals surface area contributed by atoms with Crippen LogP contribution in [0.2, 0.25) is 0 Å². The van der Waals surface area contributed by atoms with Crippen LogP contribution in [0.4, 0.5) is 0 Å². The maximum Gasteiger partial charge on any atom is 0.179 e. The number of hydrogen-bond donors (Lipinski definition) is 0. The molecule has 0 aliphatic heterocycles. The van der Waals surface area contributed by atoms with Crippen LogP contribution in [0, 0.1) is 0 Å². The van der Waals surface area contributed by atoms with Gasteiger partial charge in [-0.2, -0.15) is 0 Å². The minimum Gasteiger partial charge on any atom is -0.307 e. The van der Waals surface area contributed by atoms with Crippen molar-refractivity contribution >= 4 is 72.4 Å². The summed E-state index contributed by atoms with van der Waals surface area (Å²) < 4.78 is 5.09. The molecule has 0 aliphatic carbocycles. The molecule has 296 valence electrons. The SMILES string of the molecule is c1ccc(-c2cccc(-n3c4ccccc4c4cccc(-n5c6ccccc6c6ccc([Si](c7ccccc7)(c7ccccc7)c7ccccc7)cc65)c43)c2-c2ccccc2)cc1. The lowest BCUT2D eigenvalue weighted by atomic mass is 9.93. The molecule has 0 radical (unpaired) electrons. The zero-order valence-corrected chi connectivity index (χ0v) is 35.6. The lowest BCUT2D eigenvalue weighted by molar-refractivity contribution is 1.13. The van der Waals surface area contributed by atoms with E-state index < -0.39 is 8.07 Å². The van der Waals surface area contributed by atoms with Crippen molar-refractivity contribution in [2.45, 2.75) is 0 Å². The van der Waals surface area contributed by atoms with Gasteiger partial charge in [-0.05, 0) is 67.8 Å². The summed E-state index contributed by atoms with van der Waals surface area (Å²) in [4.78, 5) is 0. The second kappa shape index (κ2) is 15.2. The Bertz CT molecular complexity index is 3500. The summed E-state index contributed by atoms with van der Waals surface area (Å²) in [5.74, 6) is 0. The van der Waals surface area contributed by atoms with Gasteiger partial charge < -0.3 is 9.13 Å². The Morgan fingerprint density at radius 2 is 0.714 bits per heavy atom. The molecule has 0 saturated heterocycles. The first kappa shape index (κ1) is 36.8. The van der Waals surface area contributed by atoms with Crippen molar-refractivity contribution in [3.8, 4) is 33.6 Å². The van der Waals surface area contributed by atoms with Crippen LogP contribution in [0.25, 0.3) is 77.2 Å². The zero-order valence-electron chi connectivity index (χ0n) is 34.6. The molecule has 0 aliphatic rings. The quantitative estimate of drug-likeness (QED) is 0.107. The molecule has 3 heteroatoms. The topological polar surface area (TPSA) is 9.86 Å². The monoisotopic (exact) mass is 818 g/mol. The van der Waals surface area contributed by atoms with Crippen molar-refractivity contribution in [1.29, 1.82) is 0 Å². The maximum absolute atomic E-state index is 2.84. The molecule has 0 N–H and O–H groups in total. The normalized spacial score (nSPS) is 11.8. The lowest BCUT2D eigenvalue weighted by Gasteiger charge is -2.34. The van der Waals surface area contributed by atoms with Crippen molar-refractivity contribution in [1.82, 2.24) is 9.13 Å². The molecular formula is C60H42N2Si. The largest absolute Gasteiger partial charge is 0.307 e. The van der Waals surface area contributed by atoms with Crippen LogP contribution in [-0.4, -0.2) is 17.2 Å². The predicted molar refractivity (Wildman–Crippen MR) is 270 cm³/mol. The Morgan fingerprint density at radius 1 is 0.270 bits per heavy atom. The smallest absolute Gasteiger partial charge is 0.179 e. The van der Waals surface area contributed by atoms with Gasteiger partial charge in [-0.15, -0.1) is 0 Å². The van der Waals surface area contributed by atoms with Crippen LogP contribution in [0.15, 0.2) is 255 Å². The summed E-state index contributed by atoms with van der Waals surface area (Å²) in [5, 5.41) is 10.3. The van der Waals surface area contributed by atoms with E-state index in [1.807, 2.05) is 0 Å². The van der Waals surface area contributed by atoms with Gasteiger partial charge in [0.15, 0.2) is 8.07 Å². The summed E-state index contributed by atoms with van der Waals surface area (Å²) >= 11 is 0. The number of rotatable bonds is 8. The second-order valence-electron chi connectivity index (χ2n) is 16.4. The Kier molecular flexibility index (Phi) is 8.87. The molecule has 12 aromatic rings. The number of aromatic nitrogens is 2. The van der Waals surface area contributed by atoms with E-state index in [1.54, 1.807) is 0 Å². The second-order valence-corrected chi connectivity index (χ2v) is 20.2. The van der Waals surface area contributed by atoms with Crippen LogP contribution in [0.1, 0.15) is 0 Å². The Balaban J connectivity index is 1.22. The van der Waals surface area contributed by atoms with Gasteiger partial charge in [0.05, 0.1) is 33.4 Å². The average Bonchev–Trinajstić information content (AvgIpc) is 3.88. The van der Waals surface area contributed by atoms with E-state index >= 15 is 0 Å². The van der Waals surface area contributed by atoms with Crippen LogP contribution in [0.3, 0.4) is 0 Å². The standard InChI is InChI=1S/C60H42N2Si/c1-6-22-43(23-7-1)49-34-20-38-56(59(49)44-24-8-2-9-25-44)62-55-37-19-17-33-51(55)53-35-21-39-57(60(53)62)61-54-36-18-16-32-50(54)52-41-40-48(42-58(52)61)63(45-26-10-3-11-27-45,46-28-12-4-13-29-46)47-30-14-5-15-31-47/h1-42H. The molecular weight excluding hydrogens is 777 g/mol. The van der Waals surface area contributed by atoms with Gasteiger partial charge in [-0.3, -0.25) is 0 Å². The molecule has 63 heavy (non-hydrogen) atoms. The molecule has 0 saturated carbocycles. The molecule has 0 unspecified atom stereocenters. The van der Waals surface area contributed by atoms with Crippen molar-refractivity contribution in [2.24, 2.45) is 0 Å². The maximum atomic E-state index is 2.55. The molecule has 2 nitrogen and oxygen atoms in total. The van der Waals surface area contributed by atoms with E-state index in [2.05, 4.69) is 264 Å². The highest BCUT2D eigenvalue weighted by molar-refractivity contribution is 7.20. The highest BCUT2D eigenvalue weighted by Gasteiger charge is 2.41. The van der Waals surface area contributed by atoms with Gasteiger partial charge in [0.1, 0.15) is 0 Å². The number of para-hydroxylation sites is 3. The third-order valence-corrected chi connectivity index (χ3v) is 17.8. The lowest BCUT2D eigenvalue weighted by Crippen LogP contribution is -2.74. The minimum absolute atomic E-state index is 1.14. The van der Waals surface area contributed by atoms with E-state index in [9.17, 15) is 0 Å². The minimum atomic E-state index is -2.84. The molecule has 2 aromatic heterocycles. The Hall–Kier alpha value is -7.98. The molecule has 0 fully saturated rings. The summed E-state index contributed by atoms with van der Waals surface area (Å²) in [6.45, 7) is 0. The summed E-state index contributed by atoms with van der Waals surface area (Å²) in [6.07, 6.45) is 0. The van der Waals surface area contributed by atoms with Gasteiger partial charge in [0.25, 0.3) is 0 Å². The summed E-state index contributed by atoms with van der Waals surface area (Å²) in [7, 11) is -2.84. The first-order valence-corrected chi connectivity index (χ1v) is 23.8. The van der Waals surface area contributed by atoms with E-state index in [0.717, 1.165) is 11.4 Å². The molecule has 0 spiro atoms. The highest BCUT2D eigenvalue weighted by atomic mass is 28.3. The van der Waals surface area contributed by atoms with Gasteiger partial charge in [-0.25, -0.2) is 0 Å². The fourth-order valence-electron chi connectivity index (χ4n) is 10.5.